The van der Waals surface area contributed by atoms with Gasteiger partial charge >= 0.3 is 0 Å². The predicted octanol–water partition coefficient (Wildman–Crippen LogP) is 3.91. The minimum atomic E-state index is 0.566. The van der Waals surface area contributed by atoms with Gasteiger partial charge in [-0.05, 0) is 69.0 Å². The lowest BCUT2D eigenvalue weighted by Gasteiger charge is -2.43. The number of hydrogen-bond donors (Lipinski definition) is 1. The minimum absolute atomic E-state index is 0.566. The Morgan fingerprint density at radius 2 is 1.70 bits per heavy atom. The van der Waals surface area contributed by atoms with Gasteiger partial charge in [-0.3, -0.25) is 0 Å². The average molecular weight is 280 g/mol. The summed E-state index contributed by atoms with van der Waals surface area (Å²) in [4.78, 5) is 2.79. The van der Waals surface area contributed by atoms with Crippen molar-refractivity contribution in [1.29, 1.82) is 0 Å². The van der Waals surface area contributed by atoms with E-state index in [4.69, 9.17) is 0 Å². The molecule has 1 aliphatic heterocycles. The first-order valence-electron chi connectivity index (χ1n) is 9.06. The molecule has 20 heavy (non-hydrogen) atoms. The molecule has 0 amide bonds. The van der Waals surface area contributed by atoms with Crippen LogP contribution in [0.2, 0.25) is 0 Å². The van der Waals surface area contributed by atoms with Crippen molar-refractivity contribution in [2.45, 2.75) is 65.7 Å². The Morgan fingerprint density at radius 1 is 1.00 bits per heavy atom. The number of nitrogens with one attached hydrogen (secondary N) is 1. The highest BCUT2D eigenvalue weighted by Crippen LogP contribution is 2.39. The highest BCUT2D eigenvalue weighted by Gasteiger charge is 2.35. The van der Waals surface area contributed by atoms with E-state index in [1.807, 2.05) is 0 Å². The van der Waals surface area contributed by atoms with Gasteiger partial charge in [0.25, 0.3) is 0 Å². The molecule has 1 aliphatic carbocycles. The highest BCUT2D eigenvalue weighted by molar-refractivity contribution is 4.89. The summed E-state index contributed by atoms with van der Waals surface area (Å²) in [5.74, 6) is 1.89. The minimum Gasteiger partial charge on any atom is -0.316 e. The van der Waals surface area contributed by atoms with E-state index in [1.54, 1.807) is 0 Å². The van der Waals surface area contributed by atoms with Gasteiger partial charge in [-0.1, -0.05) is 33.6 Å². The van der Waals surface area contributed by atoms with Crippen molar-refractivity contribution in [1.82, 2.24) is 10.2 Å². The third kappa shape index (κ3) is 4.73. The van der Waals surface area contributed by atoms with E-state index in [0.29, 0.717) is 5.41 Å². The van der Waals surface area contributed by atoms with Gasteiger partial charge in [0.2, 0.25) is 0 Å². The summed E-state index contributed by atoms with van der Waals surface area (Å²) in [5, 5.41) is 3.66. The molecule has 0 aromatic rings. The molecule has 0 aromatic carbocycles. The van der Waals surface area contributed by atoms with Crippen LogP contribution in [0.3, 0.4) is 0 Å². The summed E-state index contributed by atoms with van der Waals surface area (Å²) in [7, 11) is 0. The average Bonchev–Trinajstić information content (AvgIpc) is 2.65. The van der Waals surface area contributed by atoms with Crippen LogP contribution in [0.15, 0.2) is 0 Å². The van der Waals surface area contributed by atoms with Crippen LogP contribution in [0, 0.1) is 17.3 Å². The van der Waals surface area contributed by atoms with E-state index in [2.05, 4.69) is 31.0 Å². The highest BCUT2D eigenvalue weighted by atomic mass is 15.1. The maximum absolute atomic E-state index is 3.66. The molecular formula is C18H36N2. The van der Waals surface area contributed by atoms with Crippen molar-refractivity contribution in [3.05, 3.63) is 0 Å². The van der Waals surface area contributed by atoms with Gasteiger partial charge in [-0.15, -0.1) is 0 Å². The molecule has 2 aliphatic rings. The Morgan fingerprint density at radius 3 is 2.40 bits per heavy atom. The van der Waals surface area contributed by atoms with E-state index in [1.165, 1.54) is 71.1 Å². The molecule has 1 heterocycles. The first-order valence-corrected chi connectivity index (χ1v) is 9.06. The first-order chi connectivity index (χ1) is 9.63. The van der Waals surface area contributed by atoms with Crippen LogP contribution < -0.4 is 5.32 Å². The van der Waals surface area contributed by atoms with Gasteiger partial charge in [-0.2, -0.15) is 0 Å². The summed E-state index contributed by atoms with van der Waals surface area (Å²) >= 11 is 0. The topological polar surface area (TPSA) is 15.3 Å². The van der Waals surface area contributed by atoms with Crippen molar-refractivity contribution in [3.63, 3.8) is 0 Å². The van der Waals surface area contributed by atoms with Crippen molar-refractivity contribution in [3.8, 4) is 0 Å². The van der Waals surface area contributed by atoms with Crippen LogP contribution in [0.1, 0.15) is 65.7 Å². The molecule has 0 aromatic heterocycles. The summed E-state index contributed by atoms with van der Waals surface area (Å²) < 4.78 is 0. The normalized spacial score (nSPS) is 36.8. The Bertz CT molecular complexity index is 263. The van der Waals surface area contributed by atoms with E-state index >= 15 is 0 Å². The van der Waals surface area contributed by atoms with Gasteiger partial charge in [0.1, 0.15) is 0 Å². The molecule has 0 spiro atoms. The van der Waals surface area contributed by atoms with Gasteiger partial charge in [0.05, 0.1) is 0 Å². The Balaban J connectivity index is 1.92. The number of likely N-dealkylation sites (tertiary alicyclic amines) is 1. The molecule has 2 rings (SSSR count). The third-order valence-corrected chi connectivity index (χ3v) is 5.75. The predicted molar refractivity (Wildman–Crippen MR) is 88.1 cm³/mol. The molecule has 118 valence electrons. The molecule has 2 heteroatoms. The van der Waals surface area contributed by atoms with Crippen LogP contribution in [-0.4, -0.2) is 37.6 Å². The second kappa shape index (κ2) is 7.79. The molecular weight excluding hydrogens is 244 g/mol. The van der Waals surface area contributed by atoms with Crippen LogP contribution in [-0.2, 0) is 0 Å². The molecule has 2 nitrogen and oxygen atoms in total. The van der Waals surface area contributed by atoms with E-state index in [0.717, 1.165) is 18.4 Å². The molecule has 1 saturated carbocycles. The fourth-order valence-electron chi connectivity index (χ4n) is 4.11. The molecule has 0 bridgehead atoms. The lowest BCUT2D eigenvalue weighted by molar-refractivity contribution is 0.0880. The standard InChI is InChI=1S/C18H36N2/c1-4-19-14-18(10-7-17(3)8-11-18)15-20-12-5-6-16(2)9-13-20/h16-17,19H,4-15H2,1-3H3. The van der Waals surface area contributed by atoms with Crippen LogP contribution in [0.25, 0.3) is 0 Å². The lowest BCUT2D eigenvalue weighted by Crippen LogP contribution is -2.46. The molecule has 1 unspecified atom stereocenters. The maximum Gasteiger partial charge on any atom is 0.00501 e. The van der Waals surface area contributed by atoms with Gasteiger partial charge < -0.3 is 10.2 Å². The monoisotopic (exact) mass is 280 g/mol. The number of nitrogens with zero attached hydrogens (tertiary/aromatic N) is 1. The Kier molecular flexibility index (Phi) is 6.35. The SMILES string of the molecule is CCNCC1(CN2CCCC(C)CC2)CCC(C)CC1. The zero-order valence-electron chi connectivity index (χ0n) is 14.1. The van der Waals surface area contributed by atoms with E-state index in [-0.39, 0.29) is 0 Å². The maximum atomic E-state index is 3.66. The van der Waals surface area contributed by atoms with Crippen molar-refractivity contribution < 1.29 is 0 Å². The first kappa shape index (κ1) is 16.3. The third-order valence-electron chi connectivity index (χ3n) is 5.75. The van der Waals surface area contributed by atoms with Gasteiger partial charge in [0, 0.05) is 13.1 Å². The second-order valence-electron chi connectivity index (χ2n) is 7.78. The molecule has 1 saturated heterocycles. The second-order valence-corrected chi connectivity index (χ2v) is 7.78. The summed E-state index contributed by atoms with van der Waals surface area (Å²) in [6.07, 6.45) is 10.0. The summed E-state index contributed by atoms with van der Waals surface area (Å²) in [6.45, 7) is 13.5. The van der Waals surface area contributed by atoms with Crippen LogP contribution in [0.5, 0.6) is 0 Å². The largest absolute Gasteiger partial charge is 0.316 e. The zero-order valence-corrected chi connectivity index (χ0v) is 14.1. The lowest BCUT2D eigenvalue weighted by atomic mass is 9.70. The van der Waals surface area contributed by atoms with Crippen molar-refractivity contribution >= 4 is 0 Å². The number of hydrogen-bond acceptors (Lipinski definition) is 2. The molecule has 2 fully saturated rings. The molecule has 0 radical (unpaired) electrons. The van der Waals surface area contributed by atoms with Crippen molar-refractivity contribution in [2.24, 2.45) is 17.3 Å². The van der Waals surface area contributed by atoms with Gasteiger partial charge in [-0.25, -0.2) is 0 Å². The van der Waals surface area contributed by atoms with E-state index < -0.39 is 0 Å². The summed E-state index contributed by atoms with van der Waals surface area (Å²) in [6, 6.07) is 0. The Hall–Kier alpha value is -0.0800. The quantitative estimate of drug-likeness (QED) is 0.821. The number of rotatable bonds is 5. The summed E-state index contributed by atoms with van der Waals surface area (Å²) in [5.41, 5.74) is 0.566. The Labute approximate surface area is 126 Å². The smallest absolute Gasteiger partial charge is 0.00501 e. The fraction of sp³-hybridized carbons (Fsp3) is 1.00. The fourth-order valence-corrected chi connectivity index (χ4v) is 4.11. The zero-order chi connectivity index (χ0) is 14.4. The van der Waals surface area contributed by atoms with Crippen LogP contribution >= 0.6 is 0 Å². The molecule has 1 N–H and O–H groups in total. The molecule has 1 atom stereocenters. The van der Waals surface area contributed by atoms with Crippen LogP contribution in [0.4, 0.5) is 0 Å². The van der Waals surface area contributed by atoms with E-state index in [9.17, 15) is 0 Å². The van der Waals surface area contributed by atoms with Crippen molar-refractivity contribution in [2.75, 3.05) is 32.7 Å². The van der Waals surface area contributed by atoms with Gasteiger partial charge in [0.15, 0.2) is 0 Å².